The smallest absolute Gasteiger partial charge is 0.256 e. The number of nitrogens with one attached hydrogen (secondary N) is 1. The highest BCUT2D eigenvalue weighted by Crippen LogP contribution is 2.18. The molecule has 1 N–H and O–H groups in total. The maximum Gasteiger partial charge on any atom is 0.256 e. The second-order valence-corrected chi connectivity index (χ2v) is 6.34. The number of hydrogen-bond acceptors (Lipinski definition) is 4. The van der Waals surface area contributed by atoms with Gasteiger partial charge in [-0.1, -0.05) is 19.1 Å². The number of nitrogens with zero attached hydrogens (tertiary/aromatic N) is 1. The Kier molecular flexibility index (Phi) is 4.14. The van der Waals surface area contributed by atoms with Gasteiger partial charge in [-0.2, -0.15) is 0 Å². The Morgan fingerprint density at radius 1 is 1.15 bits per heavy atom. The van der Waals surface area contributed by atoms with Crippen LogP contribution in [0.5, 0.6) is 0 Å². The van der Waals surface area contributed by atoms with E-state index in [-0.39, 0.29) is 16.2 Å². The van der Waals surface area contributed by atoms with Crippen molar-refractivity contribution in [2.75, 3.05) is 11.1 Å². The molecular formula is C14H14N2O3S. The van der Waals surface area contributed by atoms with Gasteiger partial charge >= 0.3 is 0 Å². The molecule has 0 saturated heterocycles. The Labute approximate surface area is 117 Å². The minimum Gasteiger partial charge on any atom is -0.322 e. The number of benzene rings is 1. The molecule has 5 nitrogen and oxygen atoms in total. The summed E-state index contributed by atoms with van der Waals surface area (Å²) in [6, 6.07) is 9.45. The molecule has 0 saturated carbocycles. The molecule has 0 bridgehead atoms. The summed E-state index contributed by atoms with van der Waals surface area (Å²) in [5, 5.41) is 2.65. The lowest BCUT2D eigenvalue weighted by atomic mass is 10.2. The average molecular weight is 290 g/mol. The molecule has 2 aromatic rings. The Hall–Kier alpha value is -2.21. The van der Waals surface area contributed by atoms with Gasteiger partial charge in [0.1, 0.15) is 0 Å². The third-order valence-corrected chi connectivity index (χ3v) is 4.57. The molecule has 0 atom stereocenters. The van der Waals surface area contributed by atoms with Crippen LogP contribution in [0.4, 0.5) is 5.69 Å². The van der Waals surface area contributed by atoms with Crippen LogP contribution in [-0.4, -0.2) is 25.1 Å². The molecule has 1 aromatic carbocycles. The zero-order chi connectivity index (χ0) is 14.6. The van der Waals surface area contributed by atoms with Gasteiger partial charge in [-0.3, -0.25) is 9.78 Å². The lowest BCUT2D eigenvalue weighted by Crippen LogP contribution is -2.17. The number of hydrogen-bond donors (Lipinski definition) is 1. The molecule has 0 radical (unpaired) electrons. The van der Waals surface area contributed by atoms with Gasteiger partial charge < -0.3 is 5.32 Å². The summed E-state index contributed by atoms with van der Waals surface area (Å²) in [5.74, 6) is -0.504. The first-order valence-corrected chi connectivity index (χ1v) is 7.73. The summed E-state index contributed by atoms with van der Waals surface area (Å²) >= 11 is 0. The molecule has 6 heteroatoms. The van der Waals surface area contributed by atoms with E-state index in [0.29, 0.717) is 5.69 Å². The molecule has 20 heavy (non-hydrogen) atoms. The molecular weight excluding hydrogens is 276 g/mol. The van der Waals surface area contributed by atoms with Crippen molar-refractivity contribution in [3.8, 4) is 0 Å². The van der Waals surface area contributed by atoms with Crippen LogP contribution in [0.2, 0.25) is 0 Å². The van der Waals surface area contributed by atoms with E-state index >= 15 is 0 Å². The van der Waals surface area contributed by atoms with Crippen molar-refractivity contribution in [3.63, 3.8) is 0 Å². The van der Waals surface area contributed by atoms with Crippen molar-refractivity contribution in [3.05, 3.63) is 54.4 Å². The van der Waals surface area contributed by atoms with Crippen LogP contribution in [-0.2, 0) is 9.84 Å². The number of sulfone groups is 1. The number of amides is 1. The number of rotatable bonds is 4. The second kappa shape index (κ2) is 5.83. The van der Waals surface area contributed by atoms with E-state index in [9.17, 15) is 13.2 Å². The van der Waals surface area contributed by atoms with E-state index in [2.05, 4.69) is 10.3 Å². The zero-order valence-corrected chi connectivity index (χ0v) is 11.7. The number of anilines is 1. The fourth-order valence-corrected chi connectivity index (χ4v) is 2.81. The first-order valence-electron chi connectivity index (χ1n) is 6.08. The predicted octanol–water partition coefficient (Wildman–Crippen LogP) is 2.13. The van der Waals surface area contributed by atoms with Crippen LogP contribution >= 0.6 is 0 Å². The number of carbonyl (C=O) groups excluding carboxylic acids is 1. The third-order valence-electron chi connectivity index (χ3n) is 2.78. The van der Waals surface area contributed by atoms with Gasteiger partial charge in [0.05, 0.1) is 16.2 Å². The van der Waals surface area contributed by atoms with Gasteiger partial charge in [-0.05, 0) is 24.3 Å². The molecule has 0 aliphatic carbocycles. The SMILES string of the molecule is CCS(=O)(=O)c1ccccc1C(=O)Nc1ccncc1. The third kappa shape index (κ3) is 3.03. The summed E-state index contributed by atoms with van der Waals surface area (Å²) < 4.78 is 24.0. The van der Waals surface area contributed by atoms with Crippen LogP contribution in [0.15, 0.2) is 53.7 Å². The highest BCUT2D eigenvalue weighted by molar-refractivity contribution is 7.91. The van der Waals surface area contributed by atoms with Gasteiger partial charge in [0.2, 0.25) is 0 Å². The minimum absolute atomic E-state index is 0.0491. The van der Waals surface area contributed by atoms with Crippen molar-refractivity contribution in [1.82, 2.24) is 4.98 Å². The highest BCUT2D eigenvalue weighted by atomic mass is 32.2. The van der Waals surface area contributed by atoms with Gasteiger partial charge in [-0.15, -0.1) is 0 Å². The fourth-order valence-electron chi connectivity index (χ4n) is 1.71. The maximum absolute atomic E-state index is 12.2. The van der Waals surface area contributed by atoms with Gasteiger partial charge in [0.25, 0.3) is 5.91 Å². The van der Waals surface area contributed by atoms with E-state index in [4.69, 9.17) is 0 Å². The minimum atomic E-state index is -3.44. The highest BCUT2D eigenvalue weighted by Gasteiger charge is 2.20. The number of carbonyl (C=O) groups is 1. The van der Waals surface area contributed by atoms with E-state index in [1.165, 1.54) is 12.1 Å². The van der Waals surface area contributed by atoms with Crippen molar-refractivity contribution >= 4 is 21.4 Å². The maximum atomic E-state index is 12.2. The van der Waals surface area contributed by atoms with E-state index in [1.54, 1.807) is 43.6 Å². The first kappa shape index (κ1) is 14.2. The van der Waals surface area contributed by atoms with Gasteiger partial charge in [0, 0.05) is 18.1 Å². The lowest BCUT2D eigenvalue weighted by Gasteiger charge is -2.09. The van der Waals surface area contributed by atoms with E-state index in [1.807, 2.05) is 0 Å². The average Bonchev–Trinajstić information content (AvgIpc) is 2.48. The van der Waals surface area contributed by atoms with Gasteiger partial charge in [0.15, 0.2) is 9.84 Å². The van der Waals surface area contributed by atoms with E-state index in [0.717, 1.165) is 0 Å². The summed E-state index contributed by atoms with van der Waals surface area (Å²) in [4.78, 5) is 16.1. The molecule has 104 valence electrons. The first-order chi connectivity index (χ1) is 9.54. The molecule has 1 amide bonds. The zero-order valence-electron chi connectivity index (χ0n) is 10.9. The Bertz CT molecular complexity index is 712. The topological polar surface area (TPSA) is 76.1 Å². The number of aromatic nitrogens is 1. The van der Waals surface area contributed by atoms with Crippen LogP contribution in [0, 0.1) is 0 Å². The fraction of sp³-hybridized carbons (Fsp3) is 0.143. The van der Waals surface area contributed by atoms with Crippen molar-refractivity contribution in [2.45, 2.75) is 11.8 Å². The van der Waals surface area contributed by atoms with Crippen molar-refractivity contribution in [2.24, 2.45) is 0 Å². The Morgan fingerprint density at radius 3 is 2.45 bits per heavy atom. The monoisotopic (exact) mass is 290 g/mol. The summed E-state index contributed by atoms with van der Waals surface area (Å²) in [6.07, 6.45) is 3.09. The largest absolute Gasteiger partial charge is 0.322 e. The Balaban J connectivity index is 2.36. The van der Waals surface area contributed by atoms with Crippen LogP contribution in [0.3, 0.4) is 0 Å². The van der Waals surface area contributed by atoms with Crippen LogP contribution in [0.1, 0.15) is 17.3 Å². The molecule has 0 spiro atoms. The molecule has 0 fully saturated rings. The molecule has 1 aromatic heterocycles. The summed E-state index contributed by atoms with van der Waals surface area (Å²) in [5.41, 5.74) is 0.708. The number of pyridine rings is 1. The predicted molar refractivity (Wildman–Crippen MR) is 76.4 cm³/mol. The normalized spacial score (nSPS) is 11.1. The molecule has 0 aliphatic rings. The standard InChI is InChI=1S/C14H14N2O3S/c1-2-20(18,19)13-6-4-3-5-12(13)14(17)16-11-7-9-15-10-8-11/h3-10H,2H2,1H3,(H,15,16,17). The Morgan fingerprint density at radius 2 is 1.80 bits per heavy atom. The molecule has 0 aliphatic heterocycles. The summed E-state index contributed by atoms with van der Waals surface area (Å²) in [7, 11) is -3.44. The lowest BCUT2D eigenvalue weighted by molar-refractivity contribution is 0.102. The van der Waals surface area contributed by atoms with Crippen LogP contribution in [0.25, 0.3) is 0 Å². The van der Waals surface area contributed by atoms with Crippen molar-refractivity contribution < 1.29 is 13.2 Å². The van der Waals surface area contributed by atoms with Gasteiger partial charge in [-0.25, -0.2) is 8.42 Å². The quantitative estimate of drug-likeness (QED) is 0.935. The molecule has 2 rings (SSSR count). The van der Waals surface area contributed by atoms with E-state index < -0.39 is 15.7 Å². The molecule has 0 unspecified atom stereocenters. The summed E-state index contributed by atoms with van der Waals surface area (Å²) in [6.45, 7) is 1.55. The van der Waals surface area contributed by atoms with Crippen LogP contribution < -0.4 is 5.32 Å². The van der Waals surface area contributed by atoms with Crippen molar-refractivity contribution in [1.29, 1.82) is 0 Å². The second-order valence-electron chi connectivity index (χ2n) is 4.09. The molecule has 1 heterocycles.